The minimum atomic E-state index is 1.28. The molecule has 0 bridgehead atoms. The fourth-order valence-electron chi connectivity index (χ4n) is 5.72. The van der Waals surface area contributed by atoms with Gasteiger partial charge < -0.3 is 0 Å². The topological polar surface area (TPSA) is 0 Å². The first kappa shape index (κ1) is 17.7. The van der Waals surface area contributed by atoms with Crippen LogP contribution in [0.2, 0.25) is 0 Å². The standard InChI is InChI=1S/C32H18S/c1-4-20-10-11-22-12-15-24(27-17-13-21(5-1)30(20)32(22)27)23-14-16-25-26-8-2-6-19-7-3-9-28(31(19)26)33-29(25)18-23/h1-18H. The molecular formula is C32H18S. The lowest BCUT2D eigenvalue weighted by Crippen LogP contribution is -1.93. The Morgan fingerprint density at radius 1 is 0.394 bits per heavy atom. The third-order valence-electron chi connectivity index (χ3n) is 7.20. The first-order chi connectivity index (χ1) is 16.3. The second kappa shape index (κ2) is 6.37. The van der Waals surface area contributed by atoms with Gasteiger partial charge in [-0.2, -0.15) is 0 Å². The molecular weight excluding hydrogens is 416 g/mol. The van der Waals surface area contributed by atoms with Crippen molar-refractivity contribution in [2.24, 2.45) is 0 Å². The summed E-state index contributed by atoms with van der Waals surface area (Å²) < 4.78 is 0. The van der Waals surface area contributed by atoms with Crippen molar-refractivity contribution in [3.8, 4) is 22.3 Å². The van der Waals surface area contributed by atoms with E-state index in [0.29, 0.717) is 0 Å². The maximum atomic E-state index is 2.39. The van der Waals surface area contributed by atoms with Crippen molar-refractivity contribution >= 4 is 54.9 Å². The predicted molar refractivity (Wildman–Crippen MR) is 143 cm³/mol. The van der Waals surface area contributed by atoms with E-state index >= 15 is 0 Å². The highest BCUT2D eigenvalue weighted by atomic mass is 32.2. The van der Waals surface area contributed by atoms with Crippen LogP contribution in [0.1, 0.15) is 0 Å². The highest BCUT2D eigenvalue weighted by Gasteiger charge is 2.20. The Hall–Kier alpha value is -3.81. The van der Waals surface area contributed by atoms with E-state index in [4.69, 9.17) is 0 Å². The SMILES string of the molecule is c1cc2c3c(cccc3c1)-c1ccc(-c3ccc4ccc5cccc6ccc3c4c56)cc1S2. The summed E-state index contributed by atoms with van der Waals surface area (Å²) >= 11 is 1.90. The molecule has 152 valence electrons. The molecule has 7 aromatic carbocycles. The summed E-state index contributed by atoms with van der Waals surface area (Å²) in [5.74, 6) is 0. The molecule has 0 N–H and O–H groups in total. The monoisotopic (exact) mass is 434 g/mol. The maximum Gasteiger partial charge on any atom is 0.0207 e. The van der Waals surface area contributed by atoms with Crippen molar-refractivity contribution in [1.29, 1.82) is 0 Å². The zero-order valence-corrected chi connectivity index (χ0v) is 18.6. The van der Waals surface area contributed by atoms with E-state index in [1.54, 1.807) is 0 Å². The van der Waals surface area contributed by atoms with Crippen LogP contribution in [-0.4, -0.2) is 0 Å². The Balaban J connectivity index is 1.39. The summed E-state index contributed by atoms with van der Waals surface area (Å²) in [7, 11) is 0. The van der Waals surface area contributed by atoms with Crippen molar-refractivity contribution in [3.05, 3.63) is 109 Å². The molecule has 1 aliphatic heterocycles. The summed E-state index contributed by atoms with van der Waals surface area (Å²) in [6.45, 7) is 0. The number of fused-ring (bicyclic) bond motifs is 2. The molecule has 0 radical (unpaired) electrons. The van der Waals surface area contributed by atoms with Gasteiger partial charge in [0.1, 0.15) is 0 Å². The van der Waals surface area contributed by atoms with Crippen LogP contribution in [0.5, 0.6) is 0 Å². The normalized spacial score (nSPS) is 12.7. The lowest BCUT2D eigenvalue weighted by Gasteiger charge is -2.21. The number of rotatable bonds is 1. The molecule has 0 fully saturated rings. The van der Waals surface area contributed by atoms with Crippen molar-refractivity contribution in [2.45, 2.75) is 9.79 Å². The van der Waals surface area contributed by atoms with Crippen LogP contribution in [0.25, 0.3) is 65.3 Å². The fraction of sp³-hybridized carbons (Fsp3) is 0. The Bertz CT molecular complexity index is 1870. The summed E-state index contributed by atoms with van der Waals surface area (Å²) in [4.78, 5) is 2.69. The molecule has 7 aromatic rings. The van der Waals surface area contributed by atoms with Crippen LogP contribution in [0, 0.1) is 0 Å². The summed E-state index contributed by atoms with van der Waals surface area (Å²) in [5, 5.41) is 10.7. The van der Waals surface area contributed by atoms with E-state index in [1.807, 2.05) is 11.8 Å². The van der Waals surface area contributed by atoms with Gasteiger partial charge in [0, 0.05) is 15.2 Å². The molecule has 0 spiro atoms. The largest absolute Gasteiger partial charge is 0.0888 e. The molecule has 1 heteroatoms. The Morgan fingerprint density at radius 3 is 1.88 bits per heavy atom. The quantitative estimate of drug-likeness (QED) is 0.232. The highest BCUT2D eigenvalue weighted by molar-refractivity contribution is 7.99. The fourth-order valence-corrected chi connectivity index (χ4v) is 6.91. The molecule has 0 nitrogen and oxygen atoms in total. The lowest BCUT2D eigenvalue weighted by molar-refractivity contribution is 1.40. The van der Waals surface area contributed by atoms with E-state index in [9.17, 15) is 0 Å². The average molecular weight is 435 g/mol. The molecule has 1 heterocycles. The number of benzene rings is 7. The van der Waals surface area contributed by atoms with Crippen LogP contribution in [0.4, 0.5) is 0 Å². The van der Waals surface area contributed by atoms with E-state index in [1.165, 1.54) is 75.1 Å². The van der Waals surface area contributed by atoms with E-state index in [0.717, 1.165) is 0 Å². The number of hydrogen-bond acceptors (Lipinski definition) is 1. The van der Waals surface area contributed by atoms with Gasteiger partial charge in [-0.05, 0) is 72.1 Å². The second-order valence-electron chi connectivity index (χ2n) is 8.94. The number of hydrogen-bond donors (Lipinski definition) is 0. The van der Waals surface area contributed by atoms with E-state index in [2.05, 4.69) is 109 Å². The predicted octanol–water partition coefficient (Wildman–Crippen LogP) is 9.54. The van der Waals surface area contributed by atoms with E-state index < -0.39 is 0 Å². The maximum absolute atomic E-state index is 2.39. The molecule has 0 saturated heterocycles. The van der Waals surface area contributed by atoms with Gasteiger partial charge in [-0.3, -0.25) is 0 Å². The van der Waals surface area contributed by atoms with Crippen molar-refractivity contribution < 1.29 is 0 Å². The van der Waals surface area contributed by atoms with Gasteiger partial charge in [-0.15, -0.1) is 0 Å². The molecule has 0 aliphatic carbocycles. The summed E-state index contributed by atoms with van der Waals surface area (Å²) in [6.07, 6.45) is 0. The van der Waals surface area contributed by atoms with Crippen molar-refractivity contribution in [1.82, 2.24) is 0 Å². The summed E-state index contributed by atoms with van der Waals surface area (Å²) in [5.41, 5.74) is 5.27. The van der Waals surface area contributed by atoms with Gasteiger partial charge in [-0.25, -0.2) is 0 Å². The van der Waals surface area contributed by atoms with Crippen molar-refractivity contribution in [3.63, 3.8) is 0 Å². The van der Waals surface area contributed by atoms with Crippen LogP contribution in [0.15, 0.2) is 119 Å². The van der Waals surface area contributed by atoms with Gasteiger partial charge in [-0.1, -0.05) is 109 Å². The Morgan fingerprint density at radius 2 is 1.03 bits per heavy atom. The zero-order chi connectivity index (χ0) is 21.5. The van der Waals surface area contributed by atoms with E-state index in [-0.39, 0.29) is 0 Å². The van der Waals surface area contributed by atoms with Gasteiger partial charge >= 0.3 is 0 Å². The molecule has 33 heavy (non-hydrogen) atoms. The minimum absolute atomic E-state index is 1.28. The minimum Gasteiger partial charge on any atom is -0.0888 e. The smallest absolute Gasteiger partial charge is 0.0207 e. The van der Waals surface area contributed by atoms with Gasteiger partial charge in [0.15, 0.2) is 0 Å². The average Bonchev–Trinajstić information content (AvgIpc) is 2.87. The molecule has 8 rings (SSSR count). The third-order valence-corrected chi connectivity index (χ3v) is 8.32. The van der Waals surface area contributed by atoms with Crippen LogP contribution >= 0.6 is 11.8 Å². The van der Waals surface area contributed by atoms with Crippen LogP contribution in [0.3, 0.4) is 0 Å². The second-order valence-corrected chi connectivity index (χ2v) is 10.0. The molecule has 0 amide bonds. The van der Waals surface area contributed by atoms with Crippen LogP contribution < -0.4 is 0 Å². The Labute approximate surface area is 195 Å². The molecule has 0 saturated carbocycles. The Kier molecular flexibility index (Phi) is 3.42. The van der Waals surface area contributed by atoms with Gasteiger partial charge in [0.05, 0.1) is 0 Å². The van der Waals surface area contributed by atoms with Crippen molar-refractivity contribution in [2.75, 3.05) is 0 Å². The molecule has 1 aliphatic rings. The lowest BCUT2D eigenvalue weighted by atomic mass is 9.89. The van der Waals surface area contributed by atoms with Crippen LogP contribution in [-0.2, 0) is 0 Å². The van der Waals surface area contributed by atoms with Gasteiger partial charge in [0.2, 0.25) is 0 Å². The highest BCUT2D eigenvalue weighted by Crippen LogP contribution is 2.49. The zero-order valence-electron chi connectivity index (χ0n) is 17.8. The first-order valence-corrected chi connectivity index (χ1v) is 12.2. The summed E-state index contributed by atoms with van der Waals surface area (Å²) in [6, 6.07) is 40.6. The molecule has 0 aromatic heterocycles. The molecule has 0 atom stereocenters. The third kappa shape index (κ3) is 2.38. The first-order valence-electron chi connectivity index (χ1n) is 11.4. The van der Waals surface area contributed by atoms with Gasteiger partial charge in [0.25, 0.3) is 0 Å². The molecule has 0 unspecified atom stereocenters.